The lowest BCUT2D eigenvalue weighted by Gasteiger charge is -2.29. The van der Waals surface area contributed by atoms with E-state index in [1.165, 1.54) is 25.3 Å². The fourth-order valence-electron chi connectivity index (χ4n) is 3.92. The molecule has 0 aromatic heterocycles. The summed E-state index contributed by atoms with van der Waals surface area (Å²) in [6, 6.07) is 5.88. The summed E-state index contributed by atoms with van der Waals surface area (Å²) < 4.78 is 19.4. The largest absolute Gasteiger partial charge is 0.496 e. The molecule has 0 spiro atoms. The number of amides is 1. The van der Waals surface area contributed by atoms with E-state index in [4.69, 9.17) is 4.74 Å². The monoisotopic (exact) mass is 387 g/mol. The van der Waals surface area contributed by atoms with Gasteiger partial charge in [0.15, 0.2) is 0 Å². The molecule has 2 aromatic rings. The van der Waals surface area contributed by atoms with Crippen LogP contribution in [0.2, 0.25) is 0 Å². The summed E-state index contributed by atoms with van der Waals surface area (Å²) in [5.41, 5.74) is 3.95. The number of anilines is 1. The van der Waals surface area contributed by atoms with Crippen LogP contribution in [-0.4, -0.2) is 36.6 Å². The Morgan fingerprint density at radius 2 is 2.07 bits per heavy atom. The fourth-order valence-corrected chi connectivity index (χ4v) is 3.92. The summed E-state index contributed by atoms with van der Waals surface area (Å²) >= 11 is 0. The van der Waals surface area contributed by atoms with Crippen LogP contribution in [0.4, 0.5) is 10.1 Å². The molecule has 1 atom stereocenters. The van der Waals surface area contributed by atoms with Crippen molar-refractivity contribution in [1.29, 1.82) is 0 Å². The van der Waals surface area contributed by atoms with E-state index in [1.54, 1.807) is 6.07 Å². The highest BCUT2D eigenvalue weighted by atomic mass is 19.1. The van der Waals surface area contributed by atoms with E-state index in [1.807, 2.05) is 7.05 Å². The van der Waals surface area contributed by atoms with Gasteiger partial charge in [-0.25, -0.2) is 4.39 Å². The number of carbonyl (C=O) groups excluding carboxylic acids is 1. The lowest BCUT2D eigenvalue weighted by atomic mass is 9.86. The first-order chi connectivity index (χ1) is 13.4. The second-order valence-corrected chi connectivity index (χ2v) is 6.88. The van der Waals surface area contributed by atoms with Crippen LogP contribution >= 0.6 is 0 Å². The van der Waals surface area contributed by atoms with Crippen LogP contribution in [-0.2, 0) is 22.6 Å². The van der Waals surface area contributed by atoms with Crippen molar-refractivity contribution < 1.29 is 23.8 Å². The normalized spacial score (nSPS) is 18.2. The summed E-state index contributed by atoms with van der Waals surface area (Å²) in [5.74, 6) is -0.540. The molecule has 1 amide bonds. The summed E-state index contributed by atoms with van der Waals surface area (Å²) in [5, 5.41) is 12.6. The molecule has 0 radical (unpaired) electrons. The summed E-state index contributed by atoms with van der Waals surface area (Å²) in [7, 11) is 3.45. The zero-order valence-corrected chi connectivity index (χ0v) is 15.3. The van der Waals surface area contributed by atoms with Gasteiger partial charge in [0.1, 0.15) is 11.6 Å². The van der Waals surface area contributed by atoms with Crippen LogP contribution in [0.25, 0.3) is 11.1 Å². The maximum absolute atomic E-state index is 14.0. The van der Waals surface area contributed by atoms with Gasteiger partial charge in [0, 0.05) is 24.2 Å². The molecule has 8 nitrogen and oxygen atoms in total. The highest BCUT2D eigenvalue weighted by Gasteiger charge is 2.38. The van der Waals surface area contributed by atoms with Crippen LogP contribution in [0.5, 0.6) is 5.75 Å². The number of ether oxygens (including phenoxy) is 1. The van der Waals surface area contributed by atoms with Gasteiger partial charge in [-0.1, -0.05) is 0 Å². The summed E-state index contributed by atoms with van der Waals surface area (Å²) in [6.45, 7) is 1.34. The molecule has 28 heavy (non-hydrogen) atoms. The molecular formula is C19H18FN3O5. The number of hydrogen-bond donors (Lipinski definition) is 1. The minimum absolute atomic E-state index is 0.372. The zero-order chi connectivity index (χ0) is 20.0. The van der Waals surface area contributed by atoms with Crippen LogP contribution in [0, 0.1) is 15.9 Å². The number of fused-ring (bicyclic) bond motifs is 3. The van der Waals surface area contributed by atoms with Gasteiger partial charge in [-0.2, -0.15) is 0 Å². The van der Waals surface area contributed by atoms with Crippen molar-refractivity contribution in [3.8, 4) is 16.9 Å². The van der Waals surface area contributed by atoms with E-state index < -0.39 is 22.9 Å². The number of methoxy groups -OCH3 is 1. The average Bonchev–Trinajstić information content (AvgIpc) is 2.96. The number of carbonyl (C=O) groups is 1. The molecule has 0 bridgehead atoms. The van der Waals surface area contributed by atoms with Gasteiger partial charge in [0.2, 0.25) is 6.10 Å². The molecule has 2 heterocycles. The highest BCUT2D eigenvalue weighted by Crippen LogP contribution is 2.45. The van der Waals surface area contributed by atoms with Gasteiger partial charge in [-0.15, -0.1) is 10.1 Å². The molecule has 9 heteroatoms. The van der Waals surface area contributed by atoms with E-state index in [0.717, 1.165) is 17.7 Å². The number of hydrogen-bond acceptors (Lipinski definition) is 6. The van der Waals surface area contributed by atoms with Gasteiger partial charge in [-0.3, -0.25) is 9.63 Å². The molecule has 0 saturated carbocycles. The smallest absolute Gasteiger partial charge is 0.295 e. The van der Waals surface area contributed by atoms with Crippen molar-refractivity contribution in [2.45, 2.75) is 19.1 Å². The minimum atomic E-state index is -1.36. The minimum Gasteiger partial charge on any atom is -0.496 e. The molecule has 0 saturated heterocycles. The molecule has 2 aliphatic heterocycles. The molecule has 1 N–H and O–H groups in total. The van der Waals surface area contributed by atoms with Crippen molar-refractivity contribution in [2.75, 3.05) is 26.0 Å². The molecule has 1 unspecified atom stereocenters. The predicted molar refractivity (Wildman–Crippen MR) is 97.9 cm³/mol. The number of halogens is 1. The van der Waals surface area contributed by atoms with E-state index in [-0.39, 0.29) is 0 Å². The van der Waals surface area contributed by atoms with Gasteiger partial charge < -0.3 is 15.0 Å². The molecular weight excluding hydrogens is 369 g/mol. The van der Waals surface area contributed by atoms with Gasteiger partial charge in [0.25, 0.3) is 11.0 Å². The van der Waals surface area contributed by atoms with Crippen LogP contribution in [0.1, 0.15) is 22.8 Å². The molecule has 2 aliphatic rings. The van der Waals surface area contributed by atoms with Crippen molar-refractivity contribution in [3.63, 3.8) is 0 Å². The van der Waals surface area contributed by atoms with E-state index in [2.05, 4.69) is 15.1 Å². The number of nitrogens with one attached hydrogen (secondary N) is 1. The Kier molecular flexibility index (Phi) is 4.38. The van der Waals surface area contributed by atoms with Crippen molar-refractivity contribution in [3.05, 3.63) is 56.9 Å². The van der Waals surface area contributed by atoms with Gasteiger partial charge in [0.05, 0.1) is 12.8 Å². The Balaban J connectivity index is 1.97. The molecule has 146 valence electrons. The van der Waals surface area contributed by atoms with Crippen LogP contribution in [0.15, 0.2) is 24.3 Å². The lowest BCUT2D eigenvalue weighted by molar-refractivity contribution is -0.766. The van der Waals surface area contributed by atoms with Crippen molar-refractivity contribution in [2.24, 2.45) is 0 Å². The third-order valence-electron chi connectivity index (χ3n) is 5.16. The first-order valence-electron chi connectivity index (χ1n) is 8.72. The summed E-state index contributed by atoms with van der Waals surface area (Å²) in [4.78, 5) is 29.9. The molecule has 0 fully saturated rings. The third kappa shape index (κ3) is 2.93. The first kappa shape index (κ1) is 18.2. The fraction of sp³-hybridized carbons (Fsp3) is 0.316. The molecule has 2 aromatic carbocycles. The molecule has 4 rings (SSSR count). The Morgan fingerprint density at radius 1 is 1.29 bits per heavy atom. The standard InChI is InChI=1S/C19H18FN3O5/c1-22-6-5-11-12(13-7-10(20)3-4-16(13)27-2)8-14-17(15(11)9-22)21-19(24)18(14)28-23(25)26/h3-4,7-8,18H,5-6,9H2,1-2H3,(H,21,24). The summed E-state index contributed by atoms with van der Waals surface area (Å²) in [6.07, 6.45) is -0.675. The number of nitrogens with zero attached hydrogens (tertiary/aromatic N) is 2. The average molecular weight is 387 g/mol. The quantitative estimate of drug-likeness (QED) is 0.640. The number of likely N-dealkylation sites (N-methyl/N-ethyl adjacent to an activating group) is 1. The second-order valence-electron chi connectivity index (χ2n) is 6.88. The van der Waals surface area contributed by atoms with Crippen LogP contribution < -0.4 is 10.1 Å². The van der Waals surface area contributed by atoms with Gasteiger partial charge in [-0.05, 0) is 54.4 Å². The predicted octanol–water partition coefficient (Wildman–Crippen LogP) is 2.69. The van der Waals surface area contributed by atoms with Crippen molar-refractivity contribution >= 4 is 11.6 Å². The second kappa shape index (κ2) is 6.75. The lowest BCUT2D eigenvalue weighted by Crippen LogP contribution is -2.28. The SMILES string of the molecule is COc1ccc(F)cc1-c1cc2c(c3c1CCN(C)C3)NC(=O)C2O[N+](=O)[O-]. The molecule has 0 aliphatic carbocycles. The number of rotatable bonds is 4. The zero-order valence-electron chi connectivity index (χ0n) is 15.3. The Bertz CT molecular complexity index is 994. The first-order valence-corrected chi connectivity index (χ1v) is 8.72. The third-order valence-corrected chi connectivity index (χ3v) is 5.16. The van der Waals surface area contributed by atoms with E-state index in [9.17, 15) is 19.3 Å². The Morgan fingerprint density at radius 3 is 2.79 bits per heavy atom. The highest BCUT2D eigenvalue weighted by molar-refractivity contribution is 6.04. The van der Waals surface area contributed by atoms with E-state index >= 15 is 0 Å². The maximum atomic E-state index is 14.0. The number of benzene rings is 2. The van der Waals surface area contributed by atoms with Crippen LogP contribution in [0.3, 0.4) is 0 Å². The Hall–Kier alpha value is -3.20. The van der Waals surface area contributed by atoms with Gasteiger partial charge >= 0.3 is 0 Å². The van der Waals surface area contributed by atoms with E-state index in [0.29, 0.717) is 41.1 Å². The topological polar surface area (TPSA) is 93.9 Å². The Labute approximate surface area is 160 Å². The van der Waals surface area contributed by atoms with Crippen molar-refractivity contribution in [1.82, 2.24) is 4.90 Å². The maximum Gasteiger partial charge on any atom is 0.295 e.